The number of fused-ring (bicyclic) bond motifs is 3. The van der Waals surface area contributed by atoms with Crippen LogP contribution in [0.25, 0.3) is 10.2 Å². The van der Waals surface area contributed by atoms with E-state index in [1.54, 1.807) is 17.6 Å². The van der Waals surface area contributed by atoms with E-state index in [-0.39, 0.29) is 5.56 Å². The second-order valence-corrected chi connectivity index (χ2v) is 7.02. The van der Waals surface area contributed by atoms with Gasteiger partial charge in [-0.2, -0.15) is 9.78 Å². The molecule has 23 heavy (non-hydrogen) atoms. The van der Waals surface area contributed by atoms with Crippen molar-refractivity contribution in [3.8, 4) is 0 Å². The highest BCUT2D eigenvalue weighted by Crippen LogP contribution is 2.33. The molecule has 0 N–H and O–H groups in total. The number of benzene rings is 1. The van der Waals surface area contributed by atoms with Gasteiger partial charge in [0, 0.05) is 4.88 Å². The Hall–Kier alpha value is -2.27. The van der Waals surface area contributed by atoms with Crippen molar-refractivity contribution < 1.29 is 0 Å². The van der Waals surface area contributed by atoms with E-state index in [1.165, 1.54) is 33.4 Å². The zero-order chi connectivity index (χ0) is 15.8. The van der Waals surface area contributed by atoms with Crippen LogP contribution in [-0.2, 0) is 12.8 Å². The summed E-state index contributed by atoms with van der Waals surface area (Å²) in [6.07, 6.45) is 7.64. The van der Waals surface area contributed by atoms with Crippen LogP contribution < -0.4 is 5.56 Å². The molecule has 0 atom stereocenters. The zero-order valence-corrected chi connectivity index (χ0v) is 13.8. The number of nitrogens with zero attached hydrogens (tertiary/aromatic N) is 3. The summed E-state index contributed by atoms with van der Waals surface area (Å²) in [5.41, 5.74) is 3.31. The average Bonchev–Trinajstić information content (AvgIpc) is 2.95. The standard InChI is InChI=1S/C18H17N3OS/c1-12-6-8-13(9-7-12)10-20-21-11-19-17-16(18(21)22)14-4-2-3-5-15(14)23-17/h6-11H,2-5H2,1H3. The molecule has 0 fully saturated rings. The number of hydrogen-bond donors (Lipinski definition) is 0. The van der Waals surface area contributed by atoms with E-state index in [1.807, 2.05) is 31.2 Å². The Bertz CT molecular complexity index is 951. The number of aryl methyl sites for hydroxylation is 3. The number of thiophene rings is 1. The van der Waals surface area contributed by atoms with Gasteiger partial charge in [0.05, 0.1) is 11.6 Å². The van der Waals surface area contributed by atoms with Crippen LogP contribution in [0.4, 0.5) is 0 Å². The Kier molecular flexibility index (Phi) is 3.58. The van der Waals surface area contributed by atoms with Gasteiger partial charge >= 0.3 is 0 Å². The molecule has 5 heteroatoms. The molecular formula is C18H17N3OS. The van der Waals surface area contributed by atoms with Crippen LogP contribution in [0.2, 0.25) is 0 Å². The molecule has 3 aromatic rings. The van der Waals surface area contributed by atoms with Gasteiger partial charge in [-0.15, -0.1) is 11.3 Å². The SMILES string of the molecule is Cc1ccc(C=Nn2cnc3sc4c(c3c2=O)CCCC4)cc1. The molecule has 1 aliphatic carbocycles. The molecule has 1 aliphatic rings. The number of hydrogen-bond acceptors (Lipinski definition) is 4. The third kappa shape index (κ3) is 2.61. The molecule has 0 amide bonds. The maximum Gasteiger partial charge on any atom is 0.282 e. The molecular weight excluding hydrogens is 306 g/mol. The first-order valence-corrected chi connectivity index (χ1v) is 8.67. The highest BCUT2D eigenvalue weighted by Gasteiger charge is 2.19. The monoisotopic (exact) mass is 323 g/mol. The molecule has 0 aliphatic heterocycles. The van der Waals surface area contributed by atoms with Crippen LogP contribution in [0.15, 0.2) is 40.5 Å². The van der Waals surface area contributed by atoms with Crippen LogP contribution in [0.1, 0.15) is 34.4 Å². The molecule has 0 saturated heterocycles. The van der Waals surface area contributed by atoms with Crippen LogP contribution in [-0.4, -0.2) is 15.9 Å². The molecule has 0 radical (unpaired) electrons. The molecule has 2 heterocycles. The molecule has 116 valence electrons. The van der Waals surface area contributed by atoms with Crippen molar-refractivity contribution in [3.63, 3.8) is 0 Å². The third-order valence-corrected chi connectivity index (χ3v) is 5.47. The van der Waals surface area contributed by atoms with E-state index in [2.05, 4.69) is 10.1 Å². The smallest absolute Gasteiger partial charge is 0.267 e. The lowest BCUT2D eigenvalue weighted by atomic mass is 9.97. The second-order valence-electron chi connectivity index (χ2n) is 5.94. The summed E-state index contributed by atoms with van der Waals surface area (Å²) in [5, 5.41) is 5.08. The molecule has 4 rings (SSSR count). The normalized spacial score (nSPS) is 14.5. The van der Waals surface area contributed by atoms with Gasteiger partial charge in [0.1, 0.15) is 11.2 Å². The molecule has 2 aromatic heterocycles. The molecule has 4 nitrogen and oxygen atoms in total. The lowest BCUT2D eigenvalue weighted by Crippen LogP contribution is -2.18. The summed E-state index contributed by atoms with van der Waals surface area (Å²) in [7, 11) is 0. The lowest BCUT2D eigenvalue weighted by molar-refractivity contribution is 0.699. The third-order valence-electron chi connectivity index (χ3n) is 4.27. The van der Waals surface area contributed by atoms with Gasteiger partial charge < -0.3 is 0 Å². The summed E-state index contributed by atoms with van der Waals surface area (Å²) in [6, 6.07) is 8.03. The quantitative estimate of drug-likeness (QED) is 0.677. The molecule has 0 bridgehead atoms. The zero-order valence-electron chi connectivity index (χ0n) is 13.0. The highest BCUT2D eigenvalue weighted by atomic mass is 32.1. The van der Waals surface area contributed by atoms with Gasteiger partial charge in [0.25, 0.3) is 5.56 Å². The van der Waals surface area contributed by atoms with Gasteiger partial charge in [-0.1, -0.05) is 29.8 Å². The fourth-order valence-electron chi connectivity index (χ4n) is 3.00. The lowest BCUT2D eigenvalue weighted by Gasteiger charge is -2.09. The van der Waals surface area contributed by atoms with Crippen molar-refractivity contribution in [2.75, 3.05) is 0 Å². The van der Waals surface area contributed by atoms with E-state index >= 15 is 0 Å². The van der Waals surface area contributed by atoms with E-state index in [9.17, 15) is 4.79 Å². The summed E-state index contributed by atoms with van der Waals surface area (Å²) in [5.74, 6) is 0. The van der Waals surface area contributed by atoms with Gasteiger partial charge in [-0.25, -0.2) is 4.98 Å². The van der Waals surface area contributed by atoms with E-state index in [4.69, 9.17) is 0 Å². The minimum atomic E-state index is -0.0576. The Morgan fingerprint density at radius 2 is 2.00 bits per heavy atom. The Balaban J connectivity index is 1.77. The summed E-state index contributed by atoms with van der Waals surface area (Å²) >= 11 is 1.66. The Morgan fingerprint density at radius 3 is 2.83 bits per heavy atom. The molecule has 1 aromatic carbocycles. The van der Waals surface area contributed by atoms with Crippen LogP contribution in [0, 0.1) is 6.92 Å². The van der Waals surface area contributed by atoms with Crippen molar-refractivity contribution in [1.82, 2.24) is 9.66 Å². The largest absolute Gasteiger partial charge is 0.282 e. The molecule has 0 saturated carbocycles. The first kappa shape index (κ1) is 14.3. The number of rotatable bonds is 2. The summed E-state index contributed by atoms with van der Waals surface area (Å²) in [4.78, 5) is 19.4. The topological polar surface area (TPSA) is 47.2 Å². The van der Waals surface area contributed by atoms with Crippen LogP contribution in [0.5, 0.6) is 0 Å². The molecule has 0 spiro atoms. The summed E-state index contributed by atoms with van der Waals surface area (Å²) in [6.45, 7) is 2.04. The Morgan fingerprint density at radius 1 is 1.22 bits per heavy atom. The summed E-state index contributed by atoms with van der Waals surface area (Å²) < 4.78 is 1.35. The number of aromatic nitrogens is 2. The van der Waals surface area contributed by atoms with E-state index in [0.717, 1.165) is 35.0 Å². The van der Waals surface area contributed by atoms with Gasteiger partial charge in [0.15, 0.2) is 0 Å². The van der Waals surface area contributed by atoms with Gasteiger partial charge in [-0.05, 0) is 43.7 Å². The predicted octanol–water partition coefficient (Wildman–Crippen LogP) is 3.53. The maximum absolute atomic E-state index is 12.8. The predicted molar refractivity (Wildman–Crippen MR) is 94.7 cm³/mol. The molecule has 0 unspecified atom stereocenters. The van der Waals surface area contributed by atoms with Crippen LogP contribution in [0.3, 0.4) is 0 Å². The van der Waals surface area contributed by atoms with Crippen LogP contribution >= 0.6 is 11.3 Å². The second kappa shape index (κ2) is 5.74. The maximum atomic E-state index is 12.8. The fraction of sp³-hybridized carbons (Fsp3) is 0.278. The average molecular weight is 323 g/mol. The minimum Gasteiger partial charge on any atom is -0.267 e. The van der Waals surface area contributed by atoms with E-state index < -0.39 is 0 Å². The van der Waals surface area contributed by atoms with Crippen molar-refractivity contribution in [2.45, 2.75) is 32.6 Å². The highest BCUT2D eigenvalue weighted by molar-refractivity contribution is 7.18. The van der Waals surface area contributed by atoms with Crippen molar-refractivity contribution in [1.29, 1.82) is 0 Å². The van der Waals surface area contributed by atoms with Crippen molar-refractivity contribution in [3.05, 3.63) is 62.5 Å². The Labute approximate surface area is 138 Å². The van der Waals surface area contributed by atoms with E-state index in [0.29, 0.717) is 0 Å². The first-order chi connectivity index (χ1) is 11.2. The fourth-order valence-corrected chi connectivity index (χ4v) is 4.22. The van der Waals surface area contributed by atoms with Crippen molar-refractivity contribution in [2.24, 2.45) is 5.10 Å². The van der Waals surface area contributed by atoms with Crippen molar-refractivity contribution >= 4 is 27.8 Å². The van der Waals surface area contributed by atoms with Gasteiger partial charge in [0.2, 0.25) is 0 Å². The van der Waals surface area contributed by atoms with Gasteiger partial charge in [-0.3, -0.25) is 4.79 Å². The first-order valence-electron chi connectivity index (χ1n) is 7.85. The minimum absolute atomic E-state index is 0.0576.